The lowest BCUT2D eigenvalue weighted by Crippen LogP contribution is -1.76. The predicted molar refractivity (Wildman–Crippen MR) is 68.9 cm³/mol. The third kappa shape index (κ3) is 1.57. The smallest absolute Gasteiger partial charge is 0.116 e. The lowest BCUT2D eigenvalue weighted by atomic mass is 10.0. The molecule has 0 unspecified atom stereocenters. The van der Waals surface area contributed by atoms with Crippen molar-refractivity contribution in [2.75, 3.05) is 0 Å². The van der Waals surface area contributed by atoms with Crippen LogP contribution in [0.25, 0.3) is 21.9 Å². The van der Waals surface area contributed by atoms with Crippen molar-refractivity contribution in [2.24, 2.45) is 0 Å². The van der Waals surface area contributed by atoms with E-state index < -0.39 is 0 Å². The van der Waals surface area contributed by atoms with Gasteiger partial charge in [-0.2, -0.15) is 11.3 Å². The van der Waals surface area contributed by atoms with E-state index in [0.717, 1.165) is 10.8 Å². The SMILES string of the molecule is Oc1ccc2cc(-c3ccsc3)ccc2c1. The van der Waals surface area contributed by atoms with E-state index in [2.05, 4.69) is 29.0 Å². The molecule has 1 nitrogen and oxygen atoms in total. The molecule has 0 fully saturated rings. The maximum Gasteiger partial charge on any atom is 0.116 e. The molecule has 2 aromatic carbocycles. The number of rotatable bonds is 1. The maximum atomic E-state index is 9.39. The minimum Gasteiger partial charge on any atom is -0.508 e. The topological polar surface area (TPSA) is 20.2 Å². The molecule has 0 aliphatic carbocycles. The zero-order valence-electron chi connectivity index (χ0n) is 8.55. The van der Waals surface area contributed by atoms with Crippen LogP contribution in [0.2, 0.25) is 0 Å². The van der Waals surface area contributed by atoms with Crippen molar-refractivity contribution < 1.29 is 5.11 Å². The highest BCUT2D eigenvalue weighted by atomic mass is 32.1. The summed E-state index contributed by atoms with van der Waals surface area (Å²) in [6.45, 7) is 0. The van der Waals surface area contributed by atoms with Gasteiger partial charge in [0, 0.05) is 0 Å². The Morgan fingerprint density at radius 1 is 0.812 bits per heavy atom. The first kappa shape index (κ1) is 9.43. The molecule has 78 valence electrons. The van der Waals surface area contributed by atoms with Crippen LogP contribution in [0.15, 0.2) is 53.2 Å². The van der Waals surface area contributed by atoms with Crippen LogP contribution >= 0.6 is 11.3 Å². The number of thiophene rings is 1. The molecule has 0 radical (unpaired) electrons. The maximum absolute atomic E-state index is 9.39. The Hall–Kier alpha value is -1.80. The molecule has 2 heteroatoms. The van der Waals surface area contributed by atoms with E-state index in [1.54, 1.807) is 23.5 Å². The van der Waals surface area contributed by atoms with Gasteiger partial charge in [-0.15, -0.1) is 0 Å². The zero-order valence-corrected chi connectivity index (χ0v) is 9.37. The van der Waals surface area contributed by atoms with Crippen LogP contribution in [0.4, 0.5) is 0 Å². The van der Waals surface area contributed by atoms with Crippen molar-refractivity contribution in [1.29, 1.82) is 0 Å². The number of hydrogen-bond donors (Lipinski definition) is 1. The summed E-state index contributed by atoms with van der Waals surface area (Å²) < 4.78 is 0. The summed E-state index contributed by atoms with van der Waals surface area (Å²) in [4.78, 5) is 0. The monoisotopic (exact) mass is 226 g/mol. The van der Waals surface area contributed by atoms with Crippen LogP contribution < -0.4 is 0 Å². The van der Waals surface area contributed by atoms with Gasteiger partial charge in [0.2, 0.25) is 0 Å². The van der Waals surface area contributed by atoms with Crippen molar-refractivity contribution in [3.8, 4) is 16.9 Å². The highest BCUT2D eigenvalue weighted by Crippen LogP contribution is 2.27. The second kappa shape index (κ2) is 3.65. The largest absolute Gasteiger partial charge is 0.508 e. The molecule has 0 atom stereocenters. The Bertz CT molecular complexity index is 626. The summed E-state index contributed by atoms with van der Waals surface area (Å²) in [5.41, 5.74) is 2.47. The number of aromatic hydroxyl groups is 1. The lowest BCUT2D eigenvalue weighted by molar-refractivity contribution is 0.476. The van der Waals surface area contributed by atoms with Gasteiger partial charge in [0.15, 0.2) is 0 Å². The summed E-state index contributed by atoms with van der Waals surface area (Å²) >= 11 is 1.70. The van der Waals surface area contributed by atoms with Crippen LogP contribution in [0.3, 0.4) is 0 Å². The van der Waals surface area contributed by atoms with E-state index in [9.17, 15) is 5.11 Å². The van der Waals surface area contributed by atoms with Gasteiger partial charge in [-0.1, -0.05) is 18.2 Å². The second-order valence-electron chi connectivity index (χ2n) is 3.76. The molecule has 1 aromatic heterocycles. The van der Waals surface area contributed by atoms with E-state index in [1.165, 1.54) is 11.1 Å². The molecular formula is C14H10OS. The molecule has 0 aliphatic heterocycles. The average molecular weight is 226 g/mol. The predicted octanol–water partition coefficient (Wildman–Crippen LogP) is 4.27. The molecule has 0 amide bonds. The fourth-order valence-corrected chi connectivity index (χ4v) is 2.51. The molecule has 3 aromatic rings. The van der Waals surface area contributed by atoms with Crippen LogP contribution in [0, 0.1) is 0 Å². The number of benzene rings is 2. The summed E-state index contributed by atoms with van der Waals surface area (Å²) in [5, 5.41) is 15.8. The Labute approximate surface area is 97.6 Å². The molecule has 1 N–H and O–H groups in total. The van der Waals surface area contributed by atoms with Gasteiger partial charge in [0.25, 0.3) is 0 Å². The van der Waals surface area contributed by atoms with E-state index in [4.69, 9.17) is 0 Å². The van der Waals surface area contributed by atoms with Crippen LogP contribution in [0.5, 0.6) is 5.75 Å². The fourth-order valence-electron chi connectivity index (χ4n) is 1.84. The first-order valence-corrected chi connectivity index (χ1v) is 6.02. The Morgan fingerprint density at radius 2 is 1.62 bits per heavy atom. The molecular weight excluding hydrogens is 216 g/mol. The normalized spacial score (nSPS) is 10.8. The van der Waals surface area contributed by atoms with E-state index >= 15 is 0 Å². The molecule has 0 saturated carbocycles. The van der Waals surface area contributed by atoms with E-state index in [-0.39, 0.29) is 0 Å². The van der Waals surface area contributed by atoms with Crippen molar-refractivity contribution in [3.05, 3.63) is 53.2 Å². The number of phenols is 1. The third-order valence-electron chi connectivity index (χ3n) is 2.68. The highest BCUT2D eigenvalue weighted by Gasteiger charge is 2.00. The molecule has 0 aliphatic rings. The summed E-state index contributed by atoms with van der Waals surface area (Å²) in [6, 6.07) is 13.8. The fraction of sp³-hybridized carbons (Fsp3) is 0. The second-order valence-corrected chi connectivity index (χ2v) is 4.54. The van der Waals surface area contributed by atoms with Crippen molar-refractivity contribution in [3.63, 3.8) is 0 Å². The van der Waals surface area contributed by atoms with Crippen molar-refractivity contribution in [1.82, 2.24) is 0 Å². The summed E-state index contributed by atoms with van der Waals surface area (Å²) in [6.07, 6.45) is 0. The van der Waals surface area contributed by atoms with Gasteiger partial charge in [-0.3, -0.25) is 0 Å². The molecule has 0 saturated heterocycles. The van der Waals surface area contributed by atoms with E-state index in [1.807, 2.05) is 12.1 Å². The van der Waals surface area contributed by atoms with Gasteiger partial charge < -0.3 is 5.11 Å². The summed E-state index contributed by atoms with van der Waals surface area (Å²) in [7, 11) is 0. The molecule has 1 heterocycles. The van der Waals surface area contributed by atoms with Gasteiger partial charge in [0.05, 0.1) is 0 Å². The standard InChI is InChI=1S/C14H10OS/c15-14-4-3-10-7-11(1-2-12(10)8-14)13-5-6-16-9-13/h1-9,15H. The number of hydrogen-bond acceptors (Lipinski definition) is 2. The van der Waals surface area contributed by atoms with E-state index in [0.29, 0.717) is 5.75 Å². The highest BCUT2D eigenvalue weighted by molar-refractivity contribution is 7.08. The van der Waals surface area contributed by atoms with Gasteiger partial charge >= 0.3 is 0 Å². The molecule has 0 bridgehead atoms. The Kier molecular flexibility index (Phi) is 2.15. The van der Waals surface area contributed by atoms with Crippen molar-refractivity contribution in [2.45, 2.75) is 0 Å². The first-order valence-electron chi connectivity index (χ1n) is 5.08. The van der Waals surface area contributed by atoms with Gasteiger partial charge in [0.1, 0.15) is 5.75 Å². The molecule has 3 rings (SSSR count). The third-order valence-corrected chi connectivity index (χ3v) is 3.36. The molecule has 16 heavy (non-hydrogen) atoms. The molecule has 0 spiro atoms. The van der Waals surface area contributed by atoms with Crippen LogP contribution in [0.1, 0.15) is 0 Å². The first-order chi connectivity index (χ1) is 7.83. The van der Waals surface area contributed by atoms with Gasteiger partial charge in [-0.05, 0) is 56.9 Å². The lowest BCUT2D eigenvalue weighted by Gasteiger charge is -2.02. The average Bonchev–Trinajstić information content (AvgIpc) is 2.82. The van der Waals surface area contributed by atoms with Crippen molar-refractivity contribution >= 4 is 22.1 Å². The van der Waals surface area contributed by atoms with Crippen LogP contribution in [-0.2, 0) is 0 Å². The number of phenolic OH excluding ortho intramolecular Hbond substituents is 1. The number of fused-ring (bicyclic) bond motifs is 1. The quantitative estimate of drug-likeness (QED) is 0.656. The minimum atomic E-state index is 0.316. The minimum absolute atomic E-state index is 0.316. The Morgan fingerprint density at radius 3 is 2.44 bits per heavy atom. The summed E-state index contributed by atoms with van der Waals surface area (Å²) in [5.74, 6) is 0.316. The Balaban J connectivity index is 2.20. The van der Waals surface area contributed by atoms with Gasteiger partial charge in [-0.25, -0.2) is 0 Å². The zero-order chi connectivity index (χ0) is 11.0. The van der Waals surface area contributed by atoms with Crippen LogP contribution in [-0.4, -0.2) is 5.11 Å².